The van der Waals surface area contributed by atoms with Gasteiger partial charge in [0.2, 0.25) is 0 Å². The van der Waals surface area contributed by atoms with E-state index in [1.54, 1.807) is 0 Å². The minimum atomic E-state index is -1.10. The highest BCUT2D eigenvalue weighted by atomic mass is 16.7. The Labute approximate surface area is 204 Å². The summed E-state index contributed by atoms with van der Waals surface area (Å²) in [5.74, 6) is 0. The van der Waals surface area contributed by atoms with Gasteiger partial charge in [-0.3, -0.25) is 0 Å². The molecule has 0 saturated carbocycles. The number of hydrogen-bond acceptors (Lipinski definition) is 5. The van der Waals surface area contributed by atoms with Crippen LogP contribution in [0.3, 0.4) is 0 Å². The van der Waals surface area contributed by atoms with Gasteiger partial charge in [0.1, 0.15) is 18.3 Å². The van der Waals surface area contributed by atoms with Crippen molar-refractivity contribution in [2.24, 2.45) is 5.11 Å². The van der Waals surface area contributed by atoms with Gasteiger partial charge in [0.05, 0.1) is 26.4 Å². The van der Waals surface area contributed by atoms with E-state index in [1.807, 2.05) is 91.0 Å². The van der Waals surface area contributed by atoms with Crippen molar-refractivity contribution in [1.82, 2.24) is 0 Å². The maximum Gasteiger partial charge on any atom is 0.275 e. The summed E-state index contributed by atoms with van der Waals surface area (Å²) in [5, 5.41) is 12.3. The van der Waals surface area contributed by atoms with Crippen molar-refractivity contribution in [3.05, 3.63) is 118 Å². The summed E-state index contributed by atoms with van der Waals surface area (Å²) in [5.41, 5.74) is 12.2. The van der Waals surface area contributed by atoms with Gasteiger partial charge in [-0.15, -0.1) is 0 Å². The Morgan fingerprint density at radius 3 is 1.74 bits per heavy atom. The fourth-order valence-electron chi connectivity index (χ4n) is 4.04. The van der Waals surface area contributed by atoms with Crippen LogP contribution in [0.2, 0.25) is 0 Å². The number of benzene rings is 3. The van der Waals surface area contributed by atoms with Gasteiger partial charge in [0.25, 0.3) is 6.29 Å². The summed E-state index contributed by atoms with van der Waals surface area (Å²) >= 11 is 0. The largest absolute Gasteiger partial charge is 0.421 e. The lowest BCUT2D eigenvalue weighted by Gasteiger charge is -2.41. The van der Waals surface area contributed by atoms with Crippen LogP contribution < -0.4 is 0 Å². The molecular weight excluding hydrogens is 446 g/mol. The number of hydrogen-bond donors (Lipinski definition) is 0. The molecule has 3 unspecified atom stereocenters. The summed E-state index contributed by atoms with van der Waals surface area (Å²) in [6, 6.07) is 28.5. The number of azide groups is 1. The third-order valence-electron chi connectivity index (χ3n) is 5.81. The lowest BCUT2D eigenvalue weighted by Crippen LogP contribution is -2.59. The van der Waals surface area contributed by atoms with E-state index in [0.717, 1.165) is 16.7 Å². The molecule has 8 nitrogen and oxygen atoms in total. The molecule has 2 N–H and O–H groups in total. The van der Waals surface area contributed by atoms with Crippen molar-refractivity contribution < 1.29 is 24.1 Å². The van der Waals surface area contributed by atoms with Crippen LogP contribution in [0.25, 0.3) is 10.4 Å². The van der Waals surface area contributed by atoms with Crippen molar-refractivity contribution in [2.75, 3.05) is 6.61 Å². The molecule has 35 heavy (non-hydrogen) atoms. The molecule has 1 heterocycles. The fourth-order valence-corrected chi connectivity index (χ4v) is 4.04. The maximum atomic E-state index is 9.17. The molecule has 1 aliphatic rings. The van der Waals surface area contributed by atoms with Gasteiger partial charge in [-0.25, -0.2) is 0 Å². The van der Waals surface area contributed by atoms with Crippen LogP contribution in [0, 0.1) is 0 Å². The molecule has 1 saturated heterocycles. The highest BCUT2D eigenvalue weighted by molar-refractivity contribution is 5.15. The standard InChI is InChI=1S/C27H29N3O5/c28-30-29-24-26(34-18-22-14-8-3-9-15-22)25(33-17-21-12-6-2-7-13-21)23(35-27(24)31)19-32-16-20-10-4-1-5-11-20/h1-15,23-27,31H,16-19H2/p+1/t23?,24?,25-,26?,27-/m1/s1. The molecule has 3 aromatic carbocycles. The first kappa shape index (κ1) is 24.9. The summed E-state index contributed by atoms with van der Waals surface area (Å²) in [6.45, 7) is 1.22. The molecule has 5 atom stereocenters. The lowest BCUT2D eigenvalue weighted by atomic mass is 9.96. The second-order valence-corrected chi connectivity index (χ2v) is 8.31. The highest BCUT2D eigenvalue weighted by Gasteiger charge is 2.49. The Morgan fingerprint density at radius 2 is 1.23 bits per heavy atom. The Hall–Kier alpha value is -3.23. The van der Waals surface area contributed by atoms with Gasteiger partial charge in [0, 0.05) is 4.91 Å². The van der Waals surface area contributed by atoms with E-state index in [9.17, 15) is 0 Å². The van der Waals surface area contributed by atoms with Gasteiger partial charge in [0.15, 0.2) is 6.04 Å². The molecule has 0 radical (unpaired) electrons. The minimum absolute atomic E-state index is 0.206. The Bertz CT molecular complexity index is 1060. The van der Waals surface area contributed by atoms with E-state index >= 15 is 0 Å². The molecule has 182 valence electrons. The number of nitrogens with zero attached hydrogens (tertiary/aromatic N) is 3. The van der Waals surface area contributed by atoms with Crippen LogP contribution in [0.15, 0.2) is 96.1 Å². The third kappa shape index (κ3) is 7.13. The highest BCUT2D eigenvalue weighted by Crippen LogP contribution is 2.29. The summed E-state index contributed by atoms with van der Waals surface area (Å²) in [6.07, 6.45) is -2.97. The quantitative estimate of drug-likeness (QED) is 0.176. The second kappa shape index (κ2) is 13.0. The zero-order valence-electron chi connectivity index (χ0n) is 19.4. The van der Waals surface area contributed by atoms with E-state index in [-0.39, 0.29) is 6.61 Å². The molecule has 8 heteroatoms. The summed E-state index contributed by atoms with van der Waals surface area (Å²) in [4.78, 5) is 2.95. The molecule has 1 aliphatic heterocycles. The normalized spacial score (nSPS) is 24.0. The van der Waals surface area contributed by atoms with Crippen LogP contribution in [0.5, 0.6) is 0 Å². The van der Waals surface area contributed by atoms with Crippen LogP contribution in [-0.2, 0) is 38.8 Å². The molecule has 0 aliphatic carbocycles. The molecular formula is C27H30N3O5+. The fraction of sp³-hybridized carbons (Fsp3) is 0.333. The maximum absolute atomic E-state index is 9.17. The van der Waals surface area contributed by atoms with Gasteiger partial charge < -0.3 is 24.1 Å². The molecule has 0 spiro atoms. The van der Waals surface area contributed by atoms with E-state index < -0.39 is 30.6 Å². The zero-order chi connectivity index (χ0) is 24.3. The summed E-state index contributed by atoms with van der Waals surface area (Å²) < 4.78 is 24.5. The Balaban J connectivity index is 1.52. The molecule has 4 rings (SSSR count). The first-order chi connectivity index (χ1) is 17.2. The number of rotatable bonds is 11. The Morgan fingerprint density at radius 1 is 0.743 bits per heavy atom. The van der Waals surface area contributed by atoms with Gasteiger partial charge in [-0.1, -0.05) is 96.1 Å². The Kier molecular flexibility index (Phi) is 9.25. The predicted octanol–water partition coefficient (Wildman–Crippen LogP) is 4.50. The molecule has 3 aromatic rings. The van der Waals surface area contributed by atoms with Gasteiger partial charge in [-0.2, -0.15) is 0 Å². The summed E-state index contributed by atoms with van der Waals surface area (Å²) in [7, 11) is 0. The van der Waals surface area contributed by atoms with E-state index in [4.69, 9.17) is 29.6 Å². The molecule has 0 bridgehead atoms. The van der Waals surface area contributed by atoms with E-state index in [0.29, 0.717) is 19.8 Å². The molecule has 0 aromatic heterocycles. The average Bonchev–Trinajstić information content (AvgIpc) is 2.90. The smallest absolute Gasteiger partial charge is 0.275 e. The van der Waals surface area contributed by atoms with E-state index in [1.165, 1.54) is 0 Å². The SMILES string of the molecule is [N-]=[N+]=NC1C(OCc2ccccc2)[C@H](OCc2ccccc2)C(COCc2ccccc2)O[C@H]1[OH2+]. The first-order valence-corrected chi connectivity index (χ1v) is 11.6. The minimum Gasteiger partial charge on any atom is -0.421 e. The third-order valence-corrected chi connectivity index (χ3v) is 5.81. The zero-order valence-corrected chi connectivity index (χ0v) is 19.4. The van der Waals surface area contributed by atoms with Crippen molar-refractivity contribution in [3.63, 3.8) is 0 Å². The average molecular weight is 477 g/mol. The van der Waals surface area contributed by atoms with Crippen molar-refractivity contribution in [2.45, 2.75) is 50.5 Å². The van der Waals surface area contributed by atoms with Crippen LogP contribution in [0.4, 0.5) is 0 Å². The molecule has 1 fully saturated rings. The van der Waals surface area contributed by atoms with Crippen LogP contribution in [-0.4, -0.2) is 42.4 Å². The second-order valence-electron chi connectivity index (χ2n) is 8.31. The topological polar surface area (TPSA) is 109 Å². The monoisotopic (exact) mass is 476 g/mol. The lowest BCUT2D eigenvalue weighted by molar-refractivity contribution is -0.273. The van der Waals surface area contributed by atoms with Crippen LogP contribution >= 0.6 is 0 Å². The van der Waals surface area contributed by atoms with Crippen LogP contribution in [0.1, 0.15) is 16.7 Å². The van der Waals surface area contributed by atoms with E-state index in [2.05, 4.69) is 10.0 Å². The van der Waals surface area contributed by atoms with Crippen molar-refractivity contribution in [1.29, 1.82) is 0 Å². The number of ether oxygens (including phenoxy) is 4. The van der Waals surface area contributed by atoms with Gasteiger partial charge in [-0.05, 0) is 22.2 Å². The van der Waals surface area contributed by atoms with Crippen molar-refractivity contribution >= 4 is 0 Å². The first-order valence-electron chi connectivity index (χ1n) is 11.6. The van der Waals surface area contributed by atoms with Gasteiger partial charge >= 0.3 is 0 Å². The molecule has 0 amide bonds. The van der Waals surface area contributed by atoms with Crippen molar-refractivity contribution in [3.8, 4) is 0 Å². The predicted molar refractivity (Wildman–Crippen MR) is 131 cm³/mol.